The monoisotopic (exact) mass is 365 g/mol. The van der Waals surface area contributed by atoms with Crippen LogP contribution < -0.4 is 5.32 Å². The van der Waals surface area contributed by atoms with E-state index in [1.54, 1.807) is 0 Å². The van der Waals surface area contributed by atoms with Crippen molar-refractivity contribution in [3.63, 3.8) is 0 Å². The first kappa shape index (κ1) is 23.7. The molecule has 0 heterocycles. The van der Waals surface area contributed by atoms with Gasteiger partial charge in [-0.3, -0.25) is 4.79 Å². The summed E-state index contributed by atoms with van der Waals surface area (Å²) >= 11 is 5.51. The highest BCUT2D eigenvalue weighted by molar-refractivity contribution is 6.18. The summed E-state index contributed by atoms with van der Waals surface area (Å²) in [5.74, 6) is 0.569. The van der Waals surface area contributed by atoms with Gasteiger partial charge >= 0.3 is 0 Å². The predicted octanol–water partition coefficient (Wildman–Crippen LogP) is 6.49. The zero-order chi connectivity index (χ0) is 18.4. The third kappa shape index (κ3) is 20.7. The molecule has 0 aliphatic heterocycles. The van der Waals surface area contributed by atoms with Gasteiger partial charge < -0.3 is 5.32 Å². The summed E-state index contributed by atoms with van der Waals surface area (Å²) in [6.45, 7) is 2.80. The summed E-state index contributed by atoms with van der Waals surface area (Å²) < 4.78 is 0. The highest BCUT2D eigenvalue weighted by Crippen LogP contribution is 2.01. The highest BCUT2D eigenvalue weighted by Gasteiger charge is 1.97. The molecule has 0 atom stereocenters. The molecule has 0 aliphatic carbocycles. The van der Waals surface area contributed by atoms with E-state index in [9.17, 15) is 4.79 Å². The van der Waals surface area contributed by atoms with E-state index in [1.165, 1.54) is 25.7 Å². The van der Waals surface area contributed by atoms with Gasteiger partial charge in [-0.1, -0.05) is 68.4 Å². The van der Waals surface area contributed by atoms with Crippen LogP contribution in [0.4, 0.5) is 0 Å². The van der Waals surface area contributed by atoms with E-state index < -0.39 is 0 Å². The van der Waals surface area contributed by atoms with Crippen LogP contribution in [0.3, 0.4) is 0 Å². The molecule has 1 amide bonds. The van der Waals surface area contributed by atoms with Crippen molar-refractivity contribution in [2.75, 3.05) is 12.4 Å². The summed E-state index contributed by atoms with van der Waals surface area (Å²) in [7, 11) is 0. The van der Waals surface area contributed by atoms with Crippen LogP contribution in [0.1, 0.15) is 71.1 Å². The second kappa shape index (κ2) is 20.8. The quantitative estimate of drug-likeness (QED) is 0.189. The zero-order valence-corrected chi connectivity index (χ0v) is 16.6. The maximum Gasteiger partial charge on any atom is 0.220 e. The minimum Gasteiger partial charge on any atom is -0.355 e. The molecule has 0 aromatic rings. The van der Waals surface area contributed by atoms with Crippen LogP contribution in [0.5, 0.6) is 0 Å². The van der Waals surface area contributed by atoms with Crippen molar-refractivity contribution >= 4 is 17.5 Å². The van der Waals surface area contributed by atoms with Crippen LogP contribution >= 0.6 is 11.6 Å². The fourth-order valence-electron chi connectivity index (χ4n) is 2.22. The van der Waals surface area contributed by atoms with Crippen LogP contribution in [-0.2, 0) is 4.79 Å². The van der Waals surface area contributed by atoms with Gasteiger partial charge in [0.2, 0.25) is 5.91 Å². The fraction of sp³-hybridized carbons (Fsp3) is 0.591. The molecule has 0 saturated carbocycles. The molecule has 0 aromatic carbocycles. The number of hydrogen-bond acceptors (Lipinski definition) is 1. The van der Waals surface area contributed by atoms with Gasteiger partial charge in [0.05, 0.1) is 0 Å². The Labute approximate surface area is 160 Å². The largest absolute Gasteiger partial charge is 0.355 e. The molecule has 142 valence electrons. The summed E-state index contributed by atoms with van der Waals surface area (Å²) in [6.07, 6.45) is 28.3. The topological polar surface area (TPSA) is 29.1 Å². The molecule has 0 bridgehead atoms. The molecule has 0 aliphatic rings. The number of hydrogen-bond donors (Lipinski definition) is 1. The smallest absolute Gasteiger partial charge is 0.220 e. The molecule has 25 heavy (non-hydrogen) atoms. The van der Waals surface area contributed by atoms with Gasteiger partial charge in [0.25, 0.3) is 0 Å². The molecular formula is C22H36ClNO. The fourth-order valence-corrected chi connectivity index (χ4v) is 2.31. The van der Waals surface area contributed by atoms with Crippen LogP contribution in [0, 0.1) is 0 Å². The van der Waals surface area contributed by atoms with E-state index in [0.29, 0.717) is 18.8 Å². The lowest BCUT2D eigenvalue weighted by molar-refractivity contribution is -0.121. The van der Waals surface area contributed by atoms with Gasteiger partial charge in [-0.05, 0) is 44.9 Å². The van der Waals surface area contributed by atoms with E-state index in [1.807, 2.05) is 0 Å². The lowest BCUT2D eigenvalue weighted by Gasteiger charge is -2.00. The third-order valence-corrected chi connectivity index (χ3v) is 3.84. The lowest BCUT2D eigenvalue weighted by Crippen LogP contribution is -2.24. The Morgan fingerprint density at radius 3 is 1.84 bits per heavy atom. The van der Waals surface area contributed by atoms with Crippen molar-refractivity contribution < 1.29 is 4.79 Å². The van der Waals surface area contributed by atoms with Gasteiger partial charge in [-0.25, -0.2) is 0 Å². The Morgan fingerprint density at radius 1 is 0.800 bits per heavy atom. The van der Waals surface area contributed by atoms with Gasteiger partial charge in [0.1, 0.15) is 0 Å². The lowest BCUT2D eigenvalue weighted by atomic mass is 10.2. The van der Waals surface area contributed by atoms with Gasteiger partial charge in [-0.2, -0.15) is 0 Å². The molecule has 1 N–H and O–H groups in total. The maximum absolute atomic E-state index is 11.3. The van der Waals surface area contributed by atoms with E-state index in [-0.39, 0.29) is 5.91 Å². The Morgan fingerprint density at radius 2 is 1.32 bits per heavy atom. The molecule has 0 radical (unpaired) electrons. The van der Waals surface area contributed by atoms with Crippen molar-refractivity contribution in [2.24, 2.45) is 0 Å². The van der Waals surface area contributed by atoms with E-state index in [2.05, 4.69) is 60.8 Å². The molecule has 0 unspecified atom stereocenters. The molecule has 0 fully saturated rings. The Kier molecular flexibility index (Phi) is 19.7. The number of alkyl halides is 1. The average Bonchev–Trinajstić information content (AvgIpc) is 2.62. The third-order valence-electron chi connectivity index (χ3n) is 3.65. The van der Waals surface area contributed by atoms with Crippen molar-refractivity contribution in [1.29, 1.82) is 0 Å². The van der Waals surface area contributed by atoms with Crippen LogP contribution in [-0.4, -0.2) is 18.3 Å². The number of allylic oxidation sites excluding steroid dienone is 8. The van der Waals surface area contributed by atoms with Crippen molar-refractivity contribution in [1.82, 2.24) is 5.32 Å². The number of unbranched alkanes of at least 4 members (excludes halogenated alkanes) is 4. The first-order valence-corrected chi connectivity index (χ1v) is 10.3. The van der Waals surface area contributed by atoms with Gasteiger partial charge in [-0.15, -0.1) is 11.6 Å². The van der Waals surface area contributed by atoms with Crippen LogP contribution in [0.15, 0.2) is 48.6 Å². The van der Waals surface area contributed by atoms with Crippen LogP contribution in [0.25, 0.3) is 0 Å². The number of carbonyl (C=O) groups excluding carboxylic acids is 1. The average molecular weight is 366 g/mol. The normalized spacial score (nSPS) is 12.2. The summed E-state index contributed by atoms with van der Waals surface area (Å²) in [5, 5.41) is 2.77. The SMILES string of the molecule is CCCCC/C=C/C/C=C/C/C=C/C/C=C\CCCC(=O)NCCCl. The Balaban J connectivity index is 3.44. The standard InChI is InChI=1S/C22H36ClNO/c1-2-3-4-5-6-7-8-9-10-11-12-13-14-15-16-17-18-19-22(25)24-21-20-23/h6-7,9-10,12-13,15-16H,2-5,8,11,14,17-21H2,1H3,(H,24,25)/b7-6+,10-9+,13-12+,16-15-. The molecule has 3 heteroatoms. The summed E-state index contributed by atoms with van der Waals surface area (Å²) in [4.78, 5) is 11.3. The van der Waals surface area contributed by atoms with Gasteiger partial charge in [0, 0.05) is 18.8 Å². The molecule has 0 aromatic heterocycles. The summed E-state index contributed by atoms with van der Waals surface area (Å²) in [5.41, 5.74) is 0. The van der Waals surface area contributed by atoms with E-state index in [0.717, 1.165) is 32.1 Å². The molecule has 0 saturated heterocycles. The zero-order valence-electron chi connectivity index (χ0n) is 15.9. The molecule has 0 rings (SSSR count). The molecular weight excluding hydrogens is 330 g/mol. The van der Waals surface area contributed by atoms with Gasteiger partial charge in [0.15, 0.2) is 0 Å². The van der Waals surface area contributed by atoms with Crippen molar-refractivity contribution in [2.45, 2.75) is 71.1 Å². The highest BCUT2D eigenvalue weighted by atomic mass is 35.5. The minimum atomic E-state index is 0.0940. The first-order valence-electron chi connectivity index (χ1n) is 9.73. The number of nitrogens with one attached hydrogen (secondary N) is 1. The Bertz CT molecular complexity index is 410. The minimum absolute atomic E-state index is 0.0940. The number of amides is 1. The van der Waals surface area contributed by atoms with Crippen molar-refractivity contribution in [3.8, 4) is 0 Å². The predicted molar refractivity (Wildman–Crippen MR) is 112 cm³/mol. The first-order chi connectivity index (χ1) is 12.3. The van der Waals surface area contributed by atoms with Crippen LogP contribution in [0.2, 0.25) is 0 Å². The van der Waals surface area contributed by atoms with E-state index >= 15 is 0 Å². The number of halogens is 1. The van der Waals surface area contributed by atoms with Crippen molar-refractivity contribution in [3.05, 3.63) is 48.6 Å². The second-order valence-corrected chi connectivity index (χ2v) is 6.40. The number of rotatable bonds is 16. The molecule has 0 spiro atoms. The maximum atomic E-state index is 11.3. The van der Waals surface area contributed by atoms with E-state index in [4.69, 9.17) is 11.6 Å². The molecule has 2 nitrogen and oxygen atoms in total. The second-order valence-electron chi connectivity index (χ2n) is 6.02. The number of carbonyl (C=O) groups is 1. The Hall–Kier alpha value is -1.28. The summed E-state index contributed by atoms with van der Waals surface area (Å²) in [6, 6.07) is 0.